The first kappa shape index (κ1) is 8.87. The van der Waals surface area contributed by atoms with Gasteiger partial charge in [-0.15, -0.1) is 22.7 Å². The van der Waals surface area contributed by atoms with Crippen molar-refractivity contribution in [2.45, 2.75) is 0 Å². The van der Waals surface area contributed by atoms with Crippen LogP contribution in [0.25, 0.3) is 10.4 Å². The van der Waals surface area contributed by atoms with Crippen molar-refractivity contribution in [2.24, 2.45) is 0 Å². The summed E-state index contributed by atoms with van der Waals surface area (Å²) in [6, 6.07) is 7.29. The van der Waals surface area contributed by atoms with Crippen molar-refractivity contribution >= 4 is 34.9 Å². The monoisotopic (exact) mass is 226 g/mol. The number of hydrogen-bond donors (Lipinski definition) is 1. The molecule has 0 unspecified atom stereocenters. The predicted molar refractivity (Wildman–Crippen MR) is 60.1 cm³/mol. The summed E-state index contributed by atoms with van der Waals surface area (Å²) in [4.78, 5) is 1.04. The van der Waals surface area contributed by atoms with E-state index >= 15 is 0 Å². The van der Waals surface area contributed by atoms with Crippen LogP contribution in [0.3, 0.4) is 0 Å². The molecule has 66 valence electrons. The van der Waals surface area contributed by atoms with Gasteiger partial charge in [0.1, 0.15) is 8.89 Å². The van der Waals surface area contributed by atoms with Crippen LogP contribution in [0, 0.1) is 3.14 Å². The van der Waals surface area contributed by atoms with Crippen LogP contribution in [0.1, 0.15) is 0 Å². The van der Waals surface area contributed by atoms with E-state index in [1.54, 1.807) is 6.07 Å². The summed E-state index contributed by atoms with van der Waals surface area (Å²) < 4.78 is 0.887. The van der Waals surface area contributed by atoms with Gasteiger partial charge in [-0.2, -0.15) is 0 Å². The van der Waals surface area contributed by atoms with Gasteiger partial charge in [0.25, 0.3) is 0 Å². The zero-order valence-corrected chi connectivity index (χ0v) is 9.01. The summed E-state index contributed by atoms with van der Waals surface area (Å²) in [5, 5.41) is 11.5. The second kappa shape index (κ2) is 3.57. The smallest absolute Gasteiger partial charge is 0.144 e. The standard InChI is InChI=1S/C9H6OS3/c10-7-4-2-1-3-6(7)8-5-12-9(11)13-8/h1-5,10H. The number of rotatable bonds is 1. The zero-order valence-electron chi connectivity index (χ0n) is 6.56. The van der Waals surface area contributed by atoms with Crippen LogP contribution in [0.15, 0.2) is 29.6 Å². The molecule has 2 aromatic rings. The molecular formula is C9H6OS3. The molecule has 0 aliphatic carbocycles. The summed E-state index contributed by atoms with van der Waals surface area (Å²) in [7, 11) is 0. The highest BCUT2D eigenvalue weighted by Gasteiger charge is 2.04. The topological polar surface area (TPSA) is 20.2 Å². The van der Waals surface area contributed by atoms with Gasteiger partial charge in [0, 0.05) is 10.9 Å². The molecule has 0 saturated carbocycles. The third-order valence-corrected chi connectivity index (χ3v) is 4.12. The zero-order chi connectivity index (χ0) is 9.26. The van der Waals surface area contributed by atoms with Gasteiger partial charge in [-0.05, 0) is 12.1 Å². The molecule has 0 fully saturated rings. The van der Waals surface area contributed by atoms with E-state index in [1.807, 2.05) is 23.6 Å². The van der Waals surface area contributed by atoms with E-state index in [0.29, 0.717) is 5.75 Å². The van der Waals surface area contributed by atoms with Crippen molar-refractivity contribution in [1.29, 1.82) is 0 Å². The number of hydrogen-bond acceptors (Lipinski definition) is 4. The maximum absolute atomic E-state index is 9.55. The average molecular weight is 226 g/mol. The first-order valence-corrected chi connectivity index (χ1v) is 5.75. The Morgan fingerprint density at radius 3 is 2.62 bits per heavy atom. The highest BCUT2D eigenvalue weighted by molar-refractivity contribution is 7.76. The number of para-hydroxylation sites is 1. The highest BCUT2D eigenvalue weighted by Crippen LogP contribution is 2.34. The Bertz CT molecular complexity index is 469. The molecule has 1 aromatic carbocycles. The van der Waals surface area contributed by atoms with E-state index in [4.69, 9.17) is 12.2 Å². The van der Waals surface area contributed by atoms with Crippen LogP contribution in [0.4, 0.5) is 0 Å². The fourth-order valence-corrected chi connectivity index (χ4v) is 3.19. The summed E-state index contributed by atoms with van der Waals surface area (Å²) in [5.74, 6) is 0.312. The molecule has 1 nitrogen and oxygen atoms in total. The Kier molecular flexibility index (Phi) is 2.44. The summed E-state index contributed by atoms with van der Waals surface area (Å²) in [6.45, 7) is 0. The third-order valence-electron chi connectivity index (χ3n) is 1.62. The number of aromatic hydroxyl groups is 1. The Morgan fingerprint density at radius 1 is 1.23 bits per heavy atom. The van der Waals surface area contributed by atoms with Gasteiger partial charge in [-0.25, -0.2) is 0 Å². The van der Waals surface area contributed by atoms with E-state index < -0.39 is 0 Å². The summed E-state index contributed by atoms with van der Waals surface area (Å²) >= 11 is 8.09. The molecule has 0 aliphatic heterocycles. The van der Waals surface area contributed by atoms with Crippen molar-refractivity contribution in [3.05, 3.63) is 32.8 Å². The second-order valence-corrected chi connectivity index (χ2v) is 5.58. The molecule has 0 aliphatic rings. The SMILES string of the molecule is Oc1ccccc1-c1csc(=S)s1. The van der Waals surface area contributed by atoms with Crippen molar-refractivity contribution in [3.63, 3.8) is 0 Å². The normalized spacial score (nSPS) is 10.2. The van der Waals surface area contributed by atoms with E-state index in [-0.39, 0.29) is 0 Å². The maximum Gasteiger partial charge on any atom is 0.144 e. The van der Waals surface area contributed by atoms with E-state index in [2.05, 4.69) is 0 Å². The summed E-state index contributed by atoms with van der Waals surface area (Å²) in [5.41, 5.74) is 0.861. The van der Waals surface area contributed by atoms with Gasteiger partial charge in [-0.3, -0.25) is 0 Å². The van der Waals surface area contributed by atoms with Gasteiger partial charge >= 0.3 is 0 Å². The third kappa shape index (κ3) is 1.80. The number of benzene rings is 1. The molecule has 1 heterocycles. The minimum atomic E-state index is 0.312. The van der Waals surface area contributed by atoms with E-state index in [1.165, 1.54) is 22.7 Å². The molecule has 2 rings (SSSR count). The van der Waals surface area contributed by atoms with Crippen LogP contribution in [-0.2, 0) is 0 Å². The first-order valence-electron chi connectivity index (χ1n) is 3.64. The second-order valence-electron chi connectivity index (χ2n) is 2.47. The van der Waals surface area contributed by atoms with Gasteiger partial charge in [0.15, 0.2) is 0 Å². The molecule has 1 N–H and O–H groups in total. The molecule has 0 radical (unpaired) electrons. The fourth-order valence-electron chi connectivity index (χ4n) is 1.04. The Balaban J connectivity index is 2.58. The summed E-state index contributed by atoms with van der Waals surface area (Å²) in [6.07, 6.45) is 0. The predicted octanol–water partition coefficient (Wildman–Crippen LogP) is 3.91. The lowest BCUT2D eigenvalue weighted by atomic mass is 10.2. The quantitative estimate of drug-likeness (QED) is 0.744. The van der Waals surface area contributed by atoms with Crippen LogP contribution in [0.5, 0.6) is 5.75 Å². The van der Waals surface area contributed by atoms with Crippen molar-refractivity contribution in [1.82, 2.24) is 0 Å². The van der Waals surface area contributed by atoms with Crippen molar-refractivity contribution < 1.29 is 5.11 Å². The Hall–Kier alpha value is -0.710. The Labute approximate surface area is 88.9 Å². The minimum absolute atomic E-state index is 0.312. The van der Waals surface area contributed by atoms with Crippen molar-refractivity contribution in [2.75, 3.05) is 0 Å². The van der Waals surface area contributed by atoms with Gasteiger partial charge < -0.3 is 5.11 Å². The van der Waals surface area contributed by atoms with Gasteiger partial charge in [-0.1, -0.05) is 24.4 Å². The molecule has 0 atom stereocenters. The van der Waals surface area contributed by atoms with Crippen LogP contribution < -0.4 is 0 Å². The first-order chi connectivity index (χ1) is 6.27. The highest BCUT2D eigenvalue weighted by atomic mass is 32.2. The molecule has 0 saturated heterocycles. The lowest BCUT2D eigenvalue weighted by Gasteiger charge is -1.98. The lowest BCUT2D eigenvalue weighted by Crippen LogP contribution is -1.71. The molecule has 0 spiro atoms. The lowest BCUT2D eigenvalue weighted by molar-refractivity contribution is 0.477. The van der Waals surface area contributed by atoms with E-state index in [9.17, 15) is 5.11 Å². The molecular weight excluding hydrogens is 220 g/mol. The van der Waals surface area contributed by atoms with Gasteiger partial charge in [0.05, 0.1) is 4.88 Å². The molecule has 0 bridgehead atoms. The van der Waals surface area contributed by atoms with Gasteiger partial charge in [0.2, 0.25) is 0 Å². The minimum Gasteiger partial charge on any atom is -0.507 e. The van der Waals surface area contributed by atoms with E-state index in [0.717, 1.165) is 13.6 Å². The largest absolute Gasteiger partial charge is 0.507 e. The van der Waals surface area contributed by atoms with Crippen LogP contribution in [-0.4, -0.2) is 5.11 Å². The number of phenols is 1. The molecule has 0 amide bonds. The Morgan fingerprint density at radius 2 is 2.00 bits per heavy atom. The van der Waals surface area contributed by atoms with Crippen molar-refractivity contribution in [3.8, 4) is 16.2 Å². The maximum atomic E-state index is 9.55. The fraction of sp³-hybridized carbons (Fsp3) is 0. The van der Waals surface area contributed by atoms with Crippen LogP contribution in [0.2, 0.25) is 0 Å². The van der Waals surface area contributed by atoms with Crippen LogP contribution >= 0.6 is 34.9 Å². The molecule has 1 aromatic heterocycles. The average Bonchev–Trinajstić information content (AvgIpc) is 2.53. The molecule has 13 heavy (non-hydrogen) atoms. The number of phenolic OH excluding ortho intramolecular Hbond substituents is 1. The molecule has 4 heteroatoms.